The minimum absolute atomic E-state index is 0.793. The fourth-order valence-electron chi connectivity index (χ4n) is 0.792. The van der Waals surface area contributed by atoms with Crippen LogP contribution in [0.2, 0.25) is 0 Å². The highest BCUT2D eigenvalue weighted by Gasteiger charge is 1.97. The highest BCUT2D eigenvalue weighted by atomic mass is 15.1. The molecule has 2 heterocycles. The van der Waals surface area contributed by atoms with Gasteiger partial charge in [-0.3, -0.25) is 5.10 Å². The largest absolute Gasteiger partial charge is 0.359 e. The Morgan fingerprint density at radius 3 is 3.10 bits per heavy atom. The van der Waals surface area contributed by atoms with E-state index in [1.165, 1.54) is 0 Å². The van der Waals surface area contributed by atoms with Gasteiger partial charge in [-0.2, -0.15) is 5.10 Å². The van der Waals surface area contributed by atoms with E-state index in [-0.39, 0.29) is 0 Å². The molecule has 48 valence electrons. The van der Waals surface area contributed by atoms with Crippen molar-refractivity contribution >= 4 is 0 Å². The molecule has 3 heteroatoms. The van der Waals surface area contributed by atoms with Gasteiger partial charge in [-0.1, -0.05) is 0 Å². The van der Waals surface area contributed by atoms with Crippen LogP contribution < -0.4 is 0 Å². The van der Waals surface area contributed by atoms with E-state index in [1.807, 2.05) is 6.07 Å². The molecule has 2 aromatic heterocycles. The fraction of sp³-hybridized carbons (Fsp3) is 0. The van der Waals surface area contributed by atoms with Crippen LogP contribution in [0, 0.1) is 12.3 Å². The molecule has 0 aliphatic heterocycles. The molecule has 0 saturated carbocycles. The van der Waals surface area contributed by atoms with Gasteiger partial charge in [0.1, 0.15) is 5.69 Å². The first-order valence-electron chi connectivity index (χ1n) is 2.94. The van der Waals surface area contributed by atoms with E-state index in [0.29, 0.717) is 0 Å². The minimum Gasteiger partial charge on any atom is -0.359 e. The highest BCUT2D eigenvalue weighted by Crippen LogP contribution is 2.11. The Balaban J connectivity index is 2.48. The van der Waals surface area contributed by atoms with Crippen LogP contribution in [0.5, 0.6) is 0 Å². The van der Waals surface area contributed by atoms with Crippen LogP contribution in [0.15, 0.2) is 18.5 Å². The lowest BCUT2D eigenvalue weighted by Crippen LogP contribution is -1.72. The molecule has 10 heavy (non-hydrogen) atoms. The molecule has 2 rings (SSSR count). The Labute approximate surface area is 58.1 Å². The Kier molecular flexibility index (Phi) is 1.07. The first kappa shape index (κ1) is 5.29. The average Bonchev–Trinajstić information content (AvgIpc) is 2.59. The molecular weight excluding hydrogens is 126 g/mol. The van der Waals surface area contributed by atoms with E-state index in [1.54, 1.807) is 12.4 Å². The smallest absolute Gasteiger partial charge is 0.102 e. The molecule has 2 N–H and O–H groups in total. The number of nitrogens with zero attached hydrogens (tertiary/aromatic N) is 1. The van der Waals surface area contributed by atoms with Gasteiger partial charge in [0.2, 0.25) is 0 Å². The molecule has 2 aromatic rings. The quantitative estimate of drug-likeness (QED) is 0.596. The van der Waals surface area contributed by atoms with Crippen molar-refractivity contribution in [2.45, 2.75) is 0 Å². The maximum Gasteiger partial charge on any atom is 0.102 e. The molecular formula is C7H5N3. The van der Waals surface area contributed by atoms with E-state index in [0.717, 1.165) is 11.3 Å². The van der Waals surface area contributed by atoms with Crippen LogP contribution in [-0.4, -0.2) is 15.2 Å². The SMILES string of the molecule is [c]1[nH]ccc1-c1[c]c[nH]n1. The lowest BCUT2D eigenvalue weighted by molar-refractivity contribution is 1.10. The summed E-state index contributed by atoms with van der Waals surface area (Å²) in [5, 5.41) is 6.61. The highest BCUT2D eigenvalue weighted by molar-refractivity contribution is 5.55. The van der Waals surface area contributed by atoms with Crippen LogP contribution in [0.25, 0.3) is 11.3 Å². The number of hydrogen-bond acceptors (Lipinski definition) is 1. The van der Waals surface area contributed by atoms with Crippen molar-refractivity contribution in [2.24, 2.45) is 0 Å². The van der Waals surface area contributed by atoms with E-state index in [9.17, 15) is 0 Å². The first-order valence-corrected chi connectivity index (χ1v) is 2.94. The standard InChI is InChI=1S/C7H5N3/c1-3-8-5-6(1)7-2-4-9-10-7/h1,3-4,8H,(H,9,10). The molecule has 0 atom stereocenters. The van der Waals surface area contributed by atoms with E-state index in [2.05, 4.69) is 27.4 Å². The summed E-state index contributed by atoms with van der Waals surface area (Å²) in [6.45, 7) is 0. The zero-order chi connectivity index (χ0) is 6.81. The predicted octanol–water partition coefficient (Wildman–Crippen LogP) is 1.01. The van der Waals surface area contributed by atoms with Crippen molar-refractivity contribution in [1.29, 1.82) is 0 Å². The summed E-state index contributed by atoms with van der Waals surface area (Å²) >= 11 is 0. The molecule has 0 saturated heterocycles. The minimum atomic E-state index is 0.793. The second-order valence-corrected chi connectivity index (χ2v) is 1.89. The Morgan fingerprint density at radius 1 is 1.50 bits per heavy atom. The van der Waals surface area contributed by atoms with Gasteiger partial charge in [-0.05, 0) is 6.07 Å². The van der Waals surface area contributed by atoms with Crippen molar-refractivity contribution in [3.8, 4) is 11.3 Å². The zero-order valence-corrected chi connectivity index (χ0v) is 5.18. The first-order chi connectivity index (χ1) is 4.97. The van der Waals surface area contributed by atoms with Gasteiger partial charge < -0.3 is 4.98 Å². The molecule has 0 fully saturated rings. The normalized spacial score (nSPS) is 10.0. The zero-order valence-electron chi connectivity index (χ0n) is 5.18. The Morgan fingerprint density at radius 2 is 2.50 bits per heavy atom. The van der Waals surface area contributed by atoms with Crippen molar-refractivity contribution in [3.05, 3.63) is 30.7 Å². The number of nitrogens with one attached hydrogen (secondary N) is 2. The number of rotatable bonds is 1. The molecule has 0 bridgehead atoms. The summed E-state index contributed by atoms with van der Waals surface area (Å²) in [6, 6.07) is 4.82. The maximum absolute atomic E-state index is 3.93. The van der Waals surface area contributed by atoms with Crippen molar-refractivity contribution in [3.63, 3.8) is 0 Å². The van der Waals surface area contributed by atoms with Gasteiger partial charge in [0.05, 0.1) is 6.20 Å². The lowest BCUT2D eigenvalue weighted by atomic mass is 10.2. The maximum atomic E-state index is 3.93. The number of aromatic nitrogens is 3. The van der Waals surface area contributed by atoms with Gasteiger partial charge in [0, 0.05) is 24.0 Å². The Hall–Kier alpha value is -1.51. The molecule has 0 unspecified atom stereocenters. The van der Waals surface area contributed by atoms with Crippen LogP contribution in [0.3, 0.4) is 0 Å². The average molecular weight is 131 g/mol. The summed E-state index contributed by atoms with van der Waals surface area (Å²) in [5.74, 6) is 0. The molecule has 0 amide bonds. The molecule has 0 aromatic carbocycles. The summed E-state index contributed by atoms with van der Waals surface area (Å²) in [5.41, 5.74) is 1.72. The van der Waals surface area contributed by atoms with Crippen LogP contribution in [-0.2, 0) is 0 Å². The third kappa shape index (κ3) is 0.719. The molecule has 0 aliphatic carbocycles. The number of hydrogen-bond donors (Lipinski definition) is 2. The summed E-state index contributed by atoms with van der Waals surface area (Å²) in [4.78, 5) is 2.82. The van der Waals surface area contributed by atoms with Crippen molar-refractivity contribution < 1.29 is 0 Å². The van der Waals surface area contributed by atoms with E-state index in [4.69, 9.17) is 0 Å². The summed E-state index contributed by atoms with van der Waals surface area (Å²) in [6.07, 6.45) is 6.37. The Bertz CT molecular complexity index is 248. The van der Waals surface area contributed by atoms with Crippen molar-refractivity contribution in [1.82, 2.24) is 15.2 Å². The fourth-order valence-corrected chi connectivity index (χ4v) is 0.792. The third-order valence-corrected chi connectivity index (χ3v) is 1.25. The molecule has 0 aliphatic rings. The molecule has 2 radical (unpaired) electrons. The van der Waals surface area contributed by atoms with Gasteiger partial charge in [0.25, 0.3) is 0 Å². The molecule has 3 nitrogen and oxygen atoms in total. The van der Waals surface area contributed by atoms with Gasteiger partial charge in [-0.15, -0.1) is 0 Å². The van der Waals surface area contributed by atoms with Gasteiger partial charge in [-0.25, -0.2) is 0 Å². The second kappa shape index (κ2) is 2.02. The van der Waals surface area contributed by atoms with Crippen LogP contribution in [0.1, 0.15) is 0 Å². The topological polar surface area (TPSA) is 44.5 Å². The third-order valence-electron chi connectivity index (χ3n) is 1.25. The van der Waals surface area contributed by atoms with Crippen LogP contribution in [0.4, 0.5) is 0 Å². The van der Waals surface area contributed by atoms with Crippen LogP contribution >= 0.6 is 0 Å². The van der Waals surface area contributed by atoms with Gasteiger partial charge in [0.15, 0.2) is 0 Å². The van der Waals surface area contributed by atoms with E-state index < -0.39 is 0 Å². The van der Waals surface area contributed by atoms with Gasteiger partial charge >= 0.3 is 0 Å². The summed E-state index contributed by atoms with van der Waals surface area (Å²) in [7, 11) is 0. The lowest BCUT2D eigenvalue weighted by Gasteiger charge is -1.82. The second-order valence-electron chi connectivity index (χ2n) is 1.89. The molecule has 0 spiro atoms. The predicted molar refractivity (Wildman–Crippen MR) is 36.0 cm³/mol. The van der Waals surface area contributed by atoms with Crippen molar-refractivity contribution in [2.75, 3.05) is 0 Å². The monoisotopic (exact) mass is 131 g/mol. The number of aromatic amines is 2. The van der Waals surface area contributed by atoms with E-state index >= 15 is 0 Å². The number of H-pyrrole nitrogens is 2. The summed E-state index contributed by atoms with van der Waals surface area (Å²) < 4.78 is 0.